The molecule has 0 saturated carbocycles. The van der Waals surface area contributed by atoms with Crippen molar-refractivity contribution in [3.63, 3.8) is 0 Å². The lowest BCUT2D eigenvalue weighted by Crippen LogP contribution is -1.42. The third kappa shape index (κ3) is 23.7. The van der Waals surface area contributed by atoms with Crippen molar-refractivity contribution in [2.75, 3.05) is 0 Å². The average Bonchev–Trinajstić information content (AvgIpc) is 1.62. The van der Waals surface area contributed by atoms with Gasteiger partial charge in [0.1, 0.15) is 0 Å². The second kappa shape index (κ2) is 9.42. The summed E-state index contributed by atoms with van der Waals surface area (Å²) in [6.45, 7) is 5.25. The standard InChI is InChI=1S/C3Cl4.C3H6/c4-2(5)1-3(6)7;1-3-2/h;3H,1H2,2H3. The smallest absolute Gasteiger partial charge is 0.103 e. The fraction of sp³-hybridized carbons (Fsp3) is 0.167. The molecule has 58 valence electrons. The molecule has 0 aromatic rings. The van der Waals surface area contributed by atoms with Gasteiger partial charge in [0, 0.05) is 0 Å². The lowest BCUT2D eigenvalue weighted by atomic mass is 10.8. The first kappa shape index (κ1) is 13.0. The van der Waals surface area contributed by atoms with E-state index in [0.29, 0.717) is 0 Å². The van der Waals surface area contributed by atoms with E-state index < -0.39 is 0 Å². The summed E-state index contributed by atoms with van der Waals surface area (Å²) < 4.78 is -0.139. The molecule has 0 fully saturated rings. The summed E-state index contributed by atoms with van der Waals surface area (Å²) in [5, 5.41) is 0. The van der Waals surface area contributed by atoms with Gasteiger partial charge >= 0.3 is 0 Å². The van der Waals surface area contributed by atoms with Crippen molar-refractivity contribution in [1.29, 1.82) is 0 Å². The topological polar surface area (TPSA) is 0 Å². The van der Waals surface area contributed by atoms with E-state index in [1.54, 1.807) is 6.08 Å². The zero-order valence-corrected chi connectivity index (χ0v) is 8.32. The molecule has 0 heterocycles. The lowest BCUT2D eigenvalue weighted by Gasteiger charge is -1.69. The fourth-order valence-electron chi connectivity index (χ4n) is 0.0714. The third-order valence-electron chi connectivity index (χ3n) is 0.189. The van der Waals surface area contributed by atoms with Crippen molar-refractivity contribution < 1.29 is 0 Å². The second-order valence-corrected chi connectivity index (χ2v) is 2.95. The molecule has 0 amide bonds. The van der Waals surface area contributed by atoms with E-state index in [2.05, 4.69) is 12.3 Å². The van der Waals surface area contributed by atoms with Gasteiger partial charge in [-0.15, -0.1) is 6.58 Å². The van der Waals surface area contributed by atoms with Gasteiger partial charge in [0.15, 0.2) is 8.98 Å². The Morgan fingerprint density at radius 1 is 1.20 bits per heavy atom. The molecule has 0 aliphatic heterocycles. The van der Waals surface area contributed by atoms with Gasteiger partial charge in [-0.25, -0.2) is 0 Å². The molecule has 0 rings (SSSR count). The summed E-state index contributed by atoms with van der Waals surface area (Å²) >= 11 is 20.2. The lowest BCUT2D eigenvalue weighted by molar-refractivity contribution is 1.80. The van der Waals surface area contributed by atoms with Gasteiger partial charge in [-0.1, -0.05) is 58.2 Å². The van der Waals surface area contributed by atoms with Gasteiger partial charge < -0.3 is 0 Å². The second-order valence-electron chi connectivity index (χ2n) is 1.05. The maximum absolute atomic E-state index is 5.05. The fourth-order valence-corrected chi connectivity index (χ4v) is 0.643. The molecule has 0 aliphatic rings. The van der Waals surface area contributed by atoms with Crippen molar-refractivity contribution in [2.45, 2.75) is 6.92 Å². The summed E-state index contributed by atoms with van der Waals surface area (Å²) in [7, 11) is 0. The minimum Gasteiger partial charge on any atom is -0.103 e. The van der Waals surface area contributed by atoms with Gasteiger partial charge in [-0.05, 0) is 6.92 Å². The van der Waals surface area contributed by atoms with Crippen LogP contribution in [0.15, 0.2) is 27.4 Å². The summed E-state index contributed by atoms with van der Waals surface area (Å²) in [6.07, 6.45) is 1.75. The number of allylic oxidation sites excluding steroid dienone is 1. The molecule has 0 aromatic carbocycles. The number of hydrogen-bond acceptors (Lipinski definition) is 0. The third-order valence-corrected chi connectivity index (χ3v) is 0.567. The van der Waals surface area contributed by atoms with E-state index in [0.717, 1.165) is 0 Å². The monoisotopic (exact) mass is 218 g/mol. The molecule has 0 saturated heterocycles. The van der Waals surface area contributed by atoms with Crippen LogP contribution in [0.4, 0.5) is 0 Å². The van der Waals surface area contributed by atoms with Crippen LogP contribution in [0.5, 0.6) is 0 Å². The Morgan fingerprint density at radius 2 is 1.40 bits per heavy atom. The molecule has 0 radical (unpaired) electrons. The van der Waals surface area contributed by atoms with E-state index in [1.807, 2.05) is 6.92 Å². The van der Waals surface area contributed by atoms with E-state index in [1.165, 1.54) is 0 Å². The molecule has 0 unspecified atom stereocenters. The van der Waals surface area contributed by atoms with Crippen LogP contribution in [0.25, 0.3) is 0 Å². The molecule has 0 bridgehead atoms. The highest BCUT2D eigenvalue weighted by Gasteiger charge is 1.78. The molecule has 0 N–H and O–H groups in total. The minimum atomic E-state index is -0.0694. The van der Waals surface area contributed by atoms with Gasteiger partial charge in [0.05, 0.1) is 0 Å². The van der Waals surface area contributed by atoms with Crippen molar-refractivity contribution in [3.05, 3.63) is 27.4 Å². The van der Waals surface area contributed by atoms with E-state index in [-0.39, 0.29) is 8.98 Å². The molecular formula is C6H6Cl4. The van der Waals surface area contributed by atoms with Gasteiger partial charge in [0.25, 0.3) is 0 Å². The SMILES string of the molecule is C=CC.ClC(Cl)=C=C(Cl)Cl. The Balaban J connectivity index is 0. The maximum Gasteiger partial charge on any atom is 0.151 e. The Bertz CT molecular complexity index is 133. The molecule has 0 aliphatic carbocycles. The normalized spacial score (nSPS) is 6.50. The summed E-state index contributed by atoms with van der Waals surface area (Å²) in [6, 6.07) is 0. The maximum atomic E-state index is 5.05. The van der Waals surface area contributed by atoms with Gasteiger partial charge in [0.2, 0.25) is 0 Å². The Labute approximate surface area is 80.7 Å². The van der Waals surface area contributed by atoms with Crippen LogP contribution in [-0.2, 0) is 0 Å². The molecule has 0 nitrogen and oxygen atoms in total. The largest absolute Gasteiger partial charge is 0.151 e. The number of halogens is 4. The molecule has 10 heavy (non-hydrogen) atoms. The van der Waals surface area contributed by atoms with Gasteiger partial charge in [-0.2, -0.15) is 0 Å². The first-order valence-corrected chi connectivity index (χ1v) is 3.75. The van der Waals surface area contributed by atoms with Crippen LogP contribution < -0.4 is 0 Å². The van der Waals surface area contributed by atoms with E-state index in [9.17, 15) is 0 Å². The van der Waals surface area contributed by atoms with Crippen molar-refractivity contribution in [2.24, 2.45) is 0 Å². The molecular weight excluding hydrogens is 214 g/mol. The predicted octanol–water partition coefficient (Wildman–Crippen LogP) is 4.42. The van der Waals surface area contributed by atoms with Crippen LogP contribution in [0, 0.1) is 0 Å². The van der Waals surface area contributed by atoms with E-state index >= 15 is 0 Å². The predicted molar refractivity (Wildman–Crippen MR) is 49.8 cm³/mol. The van der Waals surface area contributed by atoms with Crippen LogP contribution in [-0.4, -0.2) is 0 Å². The van der Waals surface area contributed by atoms with Crippen molar-refractivity contribution >= 4 is 46.4 Å². The summed E-state index contributed by atoms with van der Waals surface area (Å²) in [5.41, 5.74) is 2.20. The summed E-state index contributed by atoms with van der Waals surface area (Å²) in [5.74, 6) is 0. The Morgan fingerprint density at radius 3 is 1.40 bits per heavy atom. The Hall–Kier alpha value is 0.420. The van der Waals surface area contributed by atoms with Crippen LogP contribution >= 0.6 is 46.4 Å². The molecule has 0 spiro atoms. The highest BCUT2D eigenvalue weighted by molar-refractivity contribution is 6.59. The van der Waals surface area contributed by atoms with Crippen LogP contribution in [0.1, 0.15) is 6.92 Å². The van der Waals surface area contributed by atoms with Crippen molar-refractivity contribution in [1.82, 2.24) is 0 Å². The van der Waals surface area contributed by atoms with Gasteiger partial charge in [-0.3, -0.25) is 0 Å². The average molecular weight is 220 g/mol. The highest BCUT2D eigenvalue weighted by Crippen LogP contribution is 2.10. The quantitative estimate of drug-likeness (QED) is 0.418. The highest BCUT2D eigenvalue weighted by atomic mass is 35.5. The molecule has 4 heteroatoms. The summed E-state index contributed by atoms with van der Waals surface area (Å²) in [4.78, 5) is 0. The minimum absolute atomic E-state index is 0.0694. The van der Waals surface area contributed by atoms with Crippen molar-refractivity contribution in [3.8, 4) is 0 Å². The Kier molecular flexibility index (Phi) is 12.3. The number of rotatable bonds is 0. The first-order valence-electron chi connectivity index (χ1n) is 2.24. The zero-order chi connectivity index (χ0) is 8.57. The molecule has 0 aromatic heterocycles. The molecule has 0 atom stereocenters. The zero-order valence-electron chi connectivity index (χ0n) is 5.30. The van der Waals surface area contributed by atoms with Crippen LogP contribution in [0.2, 0.25) is 0 Å². The van der Waals surface area contributed by atoms with E-state index in [4.69, 9.17) is 46.4 Å². The first-order chi connectivity index (χ1) is 4.54. The van der Waals surface area contributed by atoms with Crippen LogP contribution in [0.3, 0.4) is 0 Å². The number of hydrogen-bond donors (Lipinski definition) is 0.